The molecule has 24 heteroatoms. The number of pyridine rings is 2. The van der Waals surface area contributed by atoms with E-state index in [0.29, 0.717) is 66.7 Å². The first-order valence-electron chi connectivity index (χ1n) is 54.8. The highest BCUT2D eigenvalue weighted by Crippen LogP contribution is 2.36. The van der Waals surface area contributed by atoms with E-state index in [1.165, 1.54) is 0 Å². The van der Waals surface area contributed by atoms with Crippen LogP contribution in [0.5, 0.6) is 0 Å². The zero-order valence-corrected chi connectivity index (χ0v) is 55.3. The standard InChI is InChI=1S/2C41H40F5N3O3S.CH4/c2*1-27-6-15-36-34(22-27)37(50)23-39(53-26-31-4-3-5-35(42)40(31)43)49(36)25-38(51)48(33-16-18-47(19-17-33)20-21-52-2)24-28-7-9-29(10-8-28)30-11-13-32(14-12-30)41(44,45)46;/h2*3-15,22-23,33H,16-21,24-26H2,1-2H3;1H4/i2D3,6D,15D,16D2,17D2,18D2,19D2,20D2,21D2,22D,23D,24D2,25D2,26D2,33D;2D3,6D,15D,16D2,17D2,18D2,19D2,20D2,21D2,22D,23D,24D2,25D2,33D;. The molecule has 8 aromatic carbocycles. The van der Waals surface area contributed by atoms with E-state index in [2.05, 4.69) is 9.47 Å². The zero-order valence-electron chi connectivity index (χ0n) is 104. The number of hydrogen-bond acceptors (Lipinski definition) is 10. The average Bonchev–Trinajstić information content (AvgIpc) is 0.651. The molecule has 107 heavy (non-hydrogen) atoms. The first kappa shape index (κ1) is 37.4. The van der Waals surface area contributed by atoms with Crippen LogP contribution in [0.4, 0.5) is 43.9 Å². The molecule has 0 aliphatic carbocycles. The van der Waals surface area contributed by atoms with Gasteiger partial charge in [-0.15, -0.1) is 23.5 Å². The Hall–Kier alpha value is -9.04. The number of carbonyl (C=O) groups is 2. The Morgan fingerprint density at radius 3 is 1.31 bits per heavy atom. The van der Waals surface area contributed by atoms with Gasteiger partial charge in [0, 0.05) is 154 Å². The summed E-state index contributed by atoms with van der Waals surface area (Å²) in [5, 5.41) is -5.07. The van der Waals surface area contributed by atoms with Gasteiger partial charge < -0.3 is 38.2 Å². The molecule has 12 nitrogen and oxygen atoms in total. The summed E-state index contributed by atoms with van der Waals surface area (Å²) in [7, 11) is -7.91. The predicted molar refractivity (Wildman–Crippen MR) is 402 cm³/mol. The molecule has 2 saturated heterocycles. The van der Waals surface area contributed by atoms with Crippen molar-refractivity contribution in [3.63, 3.8) is 0 Å². The summed E-state index contributed by atoms with van der Waals surface area (Å²) in [6.07, 6.45) is -29.7. The van der Waals surface area contributed by atoms with Gasteiger partial charge in [0.25, 0.3) is 0 Å². The van der Waals surface area contributed by atoms with Crippen molar-refractivity contribution in [2.24, 2.45) is 0 Å². The van der Waals surface area contributed by atoms with Crippen LogP contribution < -0.4 is 10.9 Å². The number of likely N-dealkylation sites (tertiary alicyclic amines) is 2. The summed E-state index contributed by atoms with van der Waals surface area (Å²) >= 11 is -0.535. The second-order valence-electron chi connectivity index (χ2n) is 21.4. The van der Waals surface area contributed by atoms with Gasteiger partial charge in [0.05, 0.1) is 83.7 Å². The van der Waals surface area contributed by atoms with Crippen molar-refractivity contribution in [3.05, 3.63) is 270 Å². The van der Waals surface area contributed by atoms with Crippen LogP contribution in [-0.2, 0) is 68.9 Å². The van der Waals surface area contributed by atoms with Gasteiger partial charge in [-0.3, -0.25) is 19.2 Å². The highest BCUT2D eigenvalue weighted by Gasteiger charge is 2.34. The lowest BCUT2D eigenvalue weighted by atomic mass is 10.00. The van der Waals surface area contributed by atoms with E-state index in [1.54, 1.807) is 0 Å². The Kier molecular flexibility index (Phi) is 12.7. The van der Waals surface area contributed by atoms with E-state index in [1.807, 2.05) is 0 Å². The normalized spacial score (nSPS) is 26.7. The van der Waals surface area contributed by atoms with Gasteiger partial charge in [0.2, 0.25) is 11.8 Å². The molecule has 4 heterocycles. The number of rotatable bonds is 24. The fourth-order valence-corrected chi connectivity index (χ4v) is 11.0. The topological polar surface area (TPSA) is 110 Å². The smallest absolute Gasteiger partial charge is 0.383 e. The number of hydrogen-bond donors (Lipinski definition) is 0. The van der Waals surface area contributed by atoms with Crippen LogP contribution in [-0.4, -0.2) is 119 Å². The van der Waals surface area contributed by atoms with E-state index in [9.17, 15) is 69.4 Å². The molecular weight excluding hydrogens is 1430 g/mol. The van der Waals surface area contributed by atoms with E-state index in [0.717, 1.165) is 80.6 Å². The van der Waals surface area contributed by atoms with Gasteiger partial charge in [0.1, 0.15) is 13.0 Å². The molecule has 2 aliphatic rings. The molecule has 2 amide bonds. The first-order chi connectivity index (χ1) is 70.0. The summed E-state index contributed by atoms with van der Waals surface area (Å²) in [6.45, 7) is -54.0. The van der Waals surface area contributed by atoms with Gasteiger partial charge in [-0.05, 0) is 133 Å². The number of piperidine rings is 2. The van der Waals surface area contributed by atoms with Crippen molar-refractivity contribution >= 4 is 57.1 Å². The third-order valence-corrected chi connectivity index (χ3v) is 16.2. The maximum atomic E-state index is 15.9. The van der Waals surface area contributed by atoms with Gasteiger partial charge in [-0.2, -0.15) is 26.3 Å². The van der Waals surface area contributed by atoms with Gasteiger partial charge in [-0.25, -0.2) is 17.6 Å². The zero-order chi connectivity index (χ0) is 120. The Morgan fingerprint density at radius 2 is 0.916 bits per heavy atom. The molecule has 2 aromatic heterocycles. The van der Waals surface area contributed by atoms with E-state index >= 15 is 18.4 Å². The van der Waals surface area contributed by atoms with E-state index in [4.69, 9.17) is 43.9 Å². The fraction of sp³-hybridized carbons (Fsp3) is 0.325. The number of aromatic nitrogens is 2. The largest absolute Gasteiger partial charge is 0.416 e. The summed E-state index contributed by atoms with van der Waals surface area (Å²) in [5.41, 5.74) is -16.8. The number of amides is 2. The third kappa shape index (κ3) is 20.4. The van der Waals surface area contributed by atoms with E-state index in [-0.39, 0.29) is 50.6 Å². The number of fused-ring (bicyclic) bond motifs is 2. The van der Waals surface area contributed by atoms with Crippen LogP contribution in [0.1, 0.15) is 146 Å². The molecule has 0 bridgehead atoms. The minimum atomic E-state index is -5.18. The molecule has 564 valence electrons. The van der Waals surface area contributed by atoms with Gasteiger partial charge in [-0.1, -0.05) is 128 Å². The maximum absolute atomic E-state index is 15.9. The Bertz CT molecular complexity index is 7360. The SMILES string of the molecule is C.[2H]c1c(C)c([2H])c2c(=O)c([2H])c(SC([2H])([2H])c3cccc(F)c3F)n(C([2H])([2H])C(=O)N(C([2H])([2H])c3ccc(-c4ccc(C(F)(F)F)cc4)cc3)C3([2H])C([2H])([2H])C([2H])([2H])N(C([2H])([2H])C([2H])([2H])OC([2H])([2H])[2H])C([2H])([2H])C3([2H])[2H])c2c1[2H].[2H]c1c(C)c([2H])c2c(=O)c([2H])c(SCc3cccc(F)c3F)n(C([2H])([2H])C(=O)N(C([2H])([2H])c3ccc(-c4ccc(C(F)(F)F)cc4)cc3)C3([2H])C([2H])([2H])C([2H])([2H])N(C([2H])([2H])C([2H])([2H])OC([2H])([2H])[2H])C([2H])([2H])C3([2H])[2H])c2c1[2H]. The lowest BCUT2D eigenvalue weighted by Gasteiger charge is -2.39. The number of ether oxygens (including phenoxy) is 2. The molecule has 0 N–H and O–H groups in total. The van der Waals surface area contributed by atoms with Gasteiger partial charge in [0.15, 0.2) is 34.1 Å². The van der Waals surface area contributed by atoms with Crippen molar-refractivity contribution in [1.29, 1.82) is 0 Å². The monoisotopic (exact) mass is 1560 g/mol. The maximum Gasteiger partial charge on any atom is 0.416 e. The molecule has 0 radical (unpaired) electrons. The number of methoxy groups -OCH3 is 2. The minimum Gasteiger partial charge on any atom is -0.383 e. The van der Waals surface area contributed by atoms with Crippen LogP contribution >= 0.6 is 23.5 Å². The molecule has 2 aliphatic heterocycles. The molecule has 0 spiro atoms. The fourth-order valence-electron chi connectivity index (χ4n) is 9.33. The highest BCUT2D eigenvalue weighted by atomic mass is 32.2. The lowest BCUT2D eigenvalue weighted by molar-refractivity contribution is -0.138. The number of thioether (sulfide) groups is 2. The number of halogens is 10. The van der Waals surface area contributed by atoms with Crippen molar-refractivity contribution in [2.45, 2.75) is 119 Å². The van der Waals surface area contributed by atoms with Crippen LogP contribution in [0.25, 0.3) is 44.1 Å². The summed E-state index contributed by atoms with van der Waals surface area (Å²) in [4.78, 5) is 55.5. The van der Waals surface area contributed by atoms with Crippen molar-refractivity contribution in [2.75, 3.05) is 66.2 Å². The third-order valence-electron chi connectivity index (χ3n) is 14.4. The number of benzene rings is 8. The molecule has 0 saturated carbocycles. The average molecular weight is 1570 g/mol. The van der Waals surface area contributed by atoms with Crippen LogP contribution in [0, 0.1) is 37.1 Å². The highest BCUT2D eigenvalue weighted by molar-refractivity contribution is 7.98. The second-order valence-corrected chi connectivity index (χ2v) is 23.2. The van der Waals surface area contributed by atoms with Crippen molar-refractivity contribution < 1.29 is 132 Å². The van der Waals surface area contributed by atoms with Crippen LogP contribution in [0.15, 0.2) is 201 Å². The Balaban J connectivity index is 0.000000317. The summed E-state index contributed by atoms with van der Waals surface area (Å²) < 4.78 is 590. The number of nitrogens with zero attached hydrogens (tertiary/aromatic N) is 6. The van der Waals surface area contributed by atoms with Crippen LogP contribution in [0.2, 0.25) is 0 Å². The molecule has 0 unspecified atom stereocenters. The molecule has 12 rings (SSSR count). The number of carbonyl (C=O) groups excluding carboxylic acids is 2. The predicted octanol–water partition coefficient (Wildman–Crippen LogP) is 18.0. The molecule has 0 atom stereocenters. The second kappa shape index (κ2) is 36.2. The summed E-state index contributed by atoms with van der Waals surface area (Å²) in [5.74, 6) is -13.2. The van der Waals surface area contributed by atoms with Gasteiger partial charge >= 0.3 is 12.4 Å². The lowest BCUT2D eigenvalue weighted by Crippen LogP contribution is -2.48. The number of alkyl halides is 6. The van der Waals surface area contributed by atoms with Crippen molar-refractivity contribution in [3.8, 4) is 22.3 Å². The van der Waals surface area contributed by atoms with E-state index < -0.39 is 356 Å². The molecule has 10 aromatic rings. The van der Waals surface area contributed by atoms with Crippen molar-refractivity contribution in [1.82, 2.24) is 28.7 Å². The Morgan fingerprint density at radius 1 is 0.542 bits per heavy atom. The minimum absolute atomic E-state index is 0. The Labute approximate surface area is 694 Å². The van der Waals surface area contributed by atoms with Crippen LogP contribution in [0.3, 0.4) is 0 Å². The molecular formula is C83H84F10N6O6S2. The summed E-state index contributed by atoms with van der Waals surface area (Å²) in [6, 6.07) is -2.54. The quantitative estimate of drug-likeness (QED) is 0.0428. The first-order valence-corrected chi connectivity index (χ1v) is 31.6. The molecule has 2 fully saturated rings.